The molecule has 6 rings (SSSR count). The Morgan fingerprint density at radius 2 is 1.64 bits per heavy atom. The minimum atomic E-state index is -0.440. The lowest BCUT2D eigenvalue weighted by atomic mass is 9.56. The van der Waals surface area contributed by atoms with Crippen molar-refractivity contribution in [2.45, 2.75) is 44.3 Å². The van der Waals surface area contributed by atoms with E-state index in [4.69, 9.17) is 4.74 Å². The molecular formula is C24H22O3S. The van der Waals surface area contributed by atoms with E-state index in [0.29, 0.717) is 23.0 Å². The monoisotopic (exact) mass is 390 g/mol. The van der Waals surface area contributed by atoms with Crippen LogP contribution in [0.5, 0.6) is 0 Å². The van der Waals surface area contributed by atoms with Gasteiger partial charge in [0.25, 0.3) is 0 Å². The van der Waals surface area contributed by atoms with Crippen molar-refractivity contribution in [3.8, 4) is 0 Å². The zero-order valence-corrected chi connectivity index (χ0v) is 16.9. The zero-order valence-electron chi connectivity index (χ0n) is 16.1. The van der Waals surface area contributed by atoms with Crippen LogP contribution in [0.2, 0.25) is 0 Å². The first kappa shape index (κ1) is 16.8. The lowest BCUT2D eigenvalue weighted by Gasteiger charge is -2.51. The van der Waals surface area contributed by atoms with E-state index in [2.05, 4.69) is 37.3 Å². The molecule has 1 atom stereocenters. The van der Waals surface area contributed by atoms with Gasteiger partial charge in [-0.1, -0.05) is 30.3 Å². The number of carbonyl (C=O) groups excluding carboxylic acids is 2. The summed E-state index contributed by atoms with van der Waals surface area (Å²) >= 11 is 1.90. The van der Waals surface area contributed by atoms with Crippen molar-refractivity contribution in [1.82, 2.24) is 0 Å². The molecule has 142 valence electrons. The van der Waals surface area contributed by atoms with Gasteiger partial charge in [0.1, 0.15) is 0 Å². The molecule has 3 aliphatic carbocycles. The van der Waals surface area contributed by atoms with Gasteiger partial charge in [-0.25, -0.2) is 9.59 Å². The largest absolute Gasteiger partial charge is 0.386 e. The maximum atomic E-state index is 13.0. The molecule has 2 saturated carbocycles. The van der Waals surface area contributed by atoms with Crippen molar-refractivity contribution < 1.29 is 14.3 Å². The van der Waals surface area contributed by atoms with Crippen LogP contribution in [0, 0.1) is 17.3 Å². The normalized spacial score (nSPS) is 31.0. The third-order valence-corrected chi connectivity index (χ3v) is 8.97. The smallest absolute Gasteiger partial charge is 0.346 e. The van der Waals surface area contributed by atoms with Crippen molar-refractivity contribution in [3.63, 3.8) is 0 Å². The second-order valence-corrected chi connectivity index (χ2v) is 10.4. The Balaban J connectivity index is 1.64. The first-order valence-electron chi connectivity index (χ1n) is 10.2. The molecule has 0 saturated heterocycles. The molecule has 0 unspecified atom stereocenters. The Morgan fingerprint density at radius 3 is 2.25 bits per heavy atom. The molecule has 4 heteroatoms. The third kappa shape index (κ3) is 1.87. The highest BCUT2D eigenvalue weighted by atomic mass is 32.2. The maximum Gasteiger partial charge on any atom is 0.346 e. The summed E-state index contributed by atoms with van der Waals surface area (Å²) < 4.78 is 4.97. The number of allylic oxidation sites excluding steroid dienone is 1. The van der Waals surface area contributed by atoms with Crippen molar-refractivity contribution in [2.24, 2.45) is 17.3 Å². The molecule has 2 fully saturated rings. The quantitative estimate of drug-likeness (QED) is 0.535. The number of hydrogen-bond acceptors (Lipinski definition) is 4. The summed E-state index contributed by atoms with van der Waals surface area (Å²) in [6.45, 7) is 4.32. The van der Waals surface area contributed by atoms with E-state index in [0.717, 1.165) is 31.3 Å². The summed E-state index contributed by atoms with van der Waals surface area (Å²) in [5.74, 6) is 0.108. The number of thioether (sulfide) groups is 1. The predicted octanol–water partition coefficient (Wildman–Crippen LogP) is 5.05. The highest BCUT2D eigenvalue weighted by Crippen LogP contribution is 2.76. The van der Waals surface area contributed by atoms with Gasteiger partial charge in [0.2, 0.25) is 0 Å². The Hall–Kier alpha value is -2.07. The van der Waals surface area contributed by atoms with E-state index in [1.54, 1.807) is 0 Å². The fourth-order valence-corrected chi connectivity index (χ4v) is 7.97. The molecule has 3 nitrogen and oxygen atoms in total. The molecule has 2 aliphatic heterocycles. The van der Waals surface area contributed by atoms with E-state index in [1.807, 2.05) is 24.8 Å². The molecule has 28 heavy (non-hydrogen) atoms. The lowest BCUT2D eigenvalue weighted by Crippen LogP contribution is -2.52. The van der Waals surface area contributed by atoms with Crippen LogP contribution in [0.25, 0.3) is 4.91 Å². The van der Waals surface area contributed by atoms with E-state index in [-0.39, 0.29) is 16.1 Å². The highest BCUT2D eigenvalue weighted by Gasteiger charge is 2.72. The number of hydrogen-bond donors (Lipinski definition) is 0. The lowest BCUT2D eigenvalue weighted by molar-refractivity contribution is -0.151. The summed E-state index contributed by atoms with van der Waals surface area (Å²) in [7, 11) is 0. The molecule has 1 aromatic rings. The predicted molar refractivity (Wildman–Crippen MR) is 109 cm³/mol. The maximum absolute atomic E-state index is 13.0. The minimum Gasteiger partial charge on any atom is -0.386 e. The average molecular weight is 391 g/mol. The number of benzene rings is 1. The molecule has 5 aliphatic rings. The molecule has 0 bridgehead atoms. The van der Waals surface area contributed by atoms with E-state index in [1.165, 1.54) is 16.0 Å². The fourth-order valence-electron chi connectivity index (χ4n) is 6.17. The van der Waals surface area contributed by atoms with Crippen LogP contribution in [-0.2, 0) is 14.3 Å². The number of fused-ring (bicyclic) bond motifs is 1. The van der Waals surface area contributed by atoms with Gasteiger partial charge >= 0.3 is 11.9 Å². The van der Waals surface area contributed by atoms with Gasteiger partial charge in [-0.2, -0.15) is 0 Å². The van der Waals surface area contributed by atoms with Gasteiger partial charge in [0.15, 0.2) is 0 Å². The number of carbonyl (C=O) groups is 2. The van der Waals surface area contributed by atoms with Crippen molar-refractivity contribution in [2.75, 3.05) is 0 Å². The Kier molecular flexibility index (Phi) is 3.18. The van der Waals surface area contributed by atoms with Gasteiger partial charge in [-0.15, -0.1) is 11.8 Å². The summed E-state index contributed by atoms with van der Waals surface area (Å²) in [4.78, 5) is 26.9. The highest BCUT2D eigenvalue weighted by molar-refractivity contribution is 8.10. The van der Waals surface area contributed by atoms with Crippen LogP contribution in [0.15, 0.2) is 58.7 Å². The van der Waals surface area contributed by atoms with Crippen molar-refractivity contribution in [3.05, 3.63) is 64.3 Å². The molecular weight excluding hydrogens is 368 g/mol. The van der Waals surface area contributed by atoms with Gasteiger partial charge in [-0.05, 0) is 74.2 Å². The van der Waals surface area contributed by atoms with Gasteiger partial charge in [-0.3, -0.25) is 0 Å². The summed E-state index contributed by atoms with van der Waals surface area (Å²) in [5, 5.41) is 0. The van der Waals surface area contributed by atoms with Crippen LogP contribution in [0.3, 0.4) is 0 Å². The molecule has 0 aromatic heterocycles. The summed E-state index contributed by atoms with van der Waals surface area (Å²) in [6.07, 6.45) is 6.82. The molecule has 0 N–H and O–H groups in total. The van der Waals surface area contributed by atoms with E-state index < -0.39 is 5.97 Å². The standard InChI is InChI=1S/C24H22O3S/c1-13-17-12-18(14-6-4-3-5-7-14)28-23(17,2)24(15-8-9-15,16-10-11-16)20-19(13)21(25)27-22(20)26/h3-7,12,15-16H,8-11H2,1-2H3/t23-/m1/s1. The van der Waals surface area contributed by atoms with E-state index in [9.17, 15) is 9.59 Å². The number of cyclic esters (lactones) is 2. The zero-order chi connectivity index (χ0) is 19.3. The number of ether oxygens (including phenoxy) is 1. The third-order valence-electron chi connectivity index (χ3n) is 7.43. The Bertz CT molecular complexity index is 1020. The average Bonchev–Trinajstić information content (AvgIpc) is 3.59. The molecule has 1 aromatic carbocycles. The van der Waals surface area contributed by atoms with Gasteiger partial charge in [0, 0.05) is 10.3 Å². The summed E-state index contributed by atoms with van der Waals surface area (Å²) in [5.41, 5.74) is 4.36. The molecule has 0 amide bonds. The first-order chi connectivity index (χ1) is 13.5. The second-order valence-electron chi connectivity index (χ2n) is 8.89. The SMILES string of the molecule is CC1=C2C=C(c3ccccc3)S[C@@]2(C)C(C2CC2)(C2CC2)C2=C1C(=O)OC2=O. The van der Waals surface area contributed by atoms with Gasteiger partial charge < -0.3 is 4.74 Å². The molecule has 2 heterocycles. The van der Waals surface area contributed by atoms with Gasteiger partial charge in [0.05, 0.1) is 15.9 Å². The van der Waals surface area contributed by atoms with Crippen LogP contribution in [0.4, 0.5) is 0 Å². The second kappa shape index (κ2) is 5.29. The van der Waals surface area contributed by atoms with Crippen LogP contribution >= 0.6 is 11.8 Å². The first-order valence-corrected chi connectivity index (χ1v) is 11.0. The van der Waals surface area contributed by atoms with Crippen LogP contribution in [-0.4, -0.2) is 16.7 Å². The number of rotatable bonds is 3. The molecule has 0 radical (unpaired) electrons. The van der Waals surface area contributed by atoms with Crippen LogP contribution < -0.4 is 0 Å². The van der Waals surface area contributed by atoms with Crippen molar-refractivity contribution >= 4 is 28.6 Å². The minimum absolute atomic E-state index is 0.229. The topological polar surface area (TPSA) is 43.4 Å². The fraction of sp³-hybridized carbons (Fsp3) is 0.417. The van der Waals surface area contributed by atoms with Crippen molar-refractivity contribution in [1.29, 1.82) is 0 Å². The molecule has 0 spiro atoms. The Morgan fingerprint density at radius 1 is 1.00 bits per heavy atom. The Labute approximate surface area is 168 Å². The number of esters is 2. The summed E-state index contributed by atoms with van der Waals surface area (Å²) in [6, 6.07) is 10.5. The van der Waals surface area contributed by atoms with Crippen LogP contribution in [0.1, 0.15) is 45.1 Å². The van der Waals surface area contributed by atoms with E-state index >= 15 is 0 Å².